The number of nitrogens with one attached hydrogen (secondary N) is 1. The van der Waals surface area contributed by atoms with Crippen molar-refractivity contribution in [1.29, 1.82) is 0 Å². The van der Waals surface area contributed by atoms with E-state index in [1.54, 1.807) is 0 Å². The fourth-order valence-corrected chi connectivity index (χ4v) is 5.71. The SMILES string of the molecule is Cc1ccc(C(C)C)c(N2C(=O)CS/C2=N\C(=O)Nc2c(C)cc(-c3ncn(-c4ccc(OC(F)(F)F)cc4)n3)cc2C)c1. The molecule has 1 aliphatic rings. The van der Waals surface area contributed by atoms with Crippen molar-refractivity contribution in [3.8, 4) is 22.8 Å². The maximum atomic E-state index is 13.1. The Balaban J connectivity index is 1.34. The van der Waals surface area contributed by atoms with Crippen molar-refractivity contribution in [2.75, 3.05) is 16.0 Å². The molecule has 3 amide bonds. The van der Waals surface area contributed by atoms with Gasteiger partial charge in [-0.1, -0.05) is 37.7 Å². The number of benzene rings is 3. The molecular formula is C31H29F3N6O3S. The predicted octanol–water partition coefficient (Wildman–Crippen LogP) is 7.55. The Morgan fingerprint density at radius 2 is 1.73 bits per heavy atom. The standard InChI is InChI=1S/C31H29F3N6O3S/c1-17(2)24-11-6-18(3)12-25(24)40-26(41)15-44-30(40)37-29(42)36-27-19(4)13-21(14-20(27)5)28-35-16-39(38-28)22-7-9-23(10-8-22)43-31(32,33)34/h6-14,16-17H,15H2,1-5H3,(H,36,42)/b37-30-. The monoisotopic (exact) mass is 622 g/mol. The maximum Gasteiger partial charge on any atom is 0.573 e. The van der Waals surface area contributed by atoms with Gasteiger partial charge >= 0.3 is 12.4 Å². The van der Waals surface area contributed by atoms with Crippen LogP contribution in [0.5, 0.6) is 5.75 Å². The van der Waals surface area contributed by atoms with E-state index < -0.39 is 12.4 Å². The largest absolute Gasteiger partial charge is 0.573 e. The van der Waals surface area contributed by atoms with Gasteiger partial charge in [-0.15, -0.1) is 18.3 Å². The molecule has 44 heavy (non-hydrogen) atoms. The summed E-state index contributed by atoms with van der Waals surface area (Å²) in [5.74, 6) is 0.276. The molecule has 1 saturated heterocycles. The van der Waals surface area contributed by atoms with E-state index in [4.69, 9.17) is 0 Å². The molecule has 3 aromatic carbocycles. The van der Waals surface area contributed by atoms with E-state index in [0.717, 1.165) is 27.9 Å². The van der Waals surface area contributed by atoms with E-state index >= 15 is 0 Å². The van der Waals surface area contributed by atoms with Crippen LogP contribution in [0.15, 0.2) is 65.9 Å². The predicted molar refractivity (Wildman–Crippen MR) is 165 cm³/mol. The second-order valence-electron chi connectivity index (χ2n) is 10.6. The molecule has 0 unspecified atom stereocenters. The smallest absolute Gasteiger partial charge is 0.406 e. The first kappa shape index (κ1) is 30.8. The third kappa shape index (κ3) is 6.77. The average molecular weight is 623 g/mol. The number of halogens is 3. The molecule has 1 N–H and O–H groups in total. The second kappa shape index (κ2) is 12.2. The minimum atomic E-state index is -4.77. The van der Waals surface area contributed by atoms with Gasteiger partial charge < -0.3 is 10.1 Å². The number of carbonyl (C=O) groups is 2. The van der Waals surface area contributed by atoms with E-state index in [1.165, 1.54) is 51.9 Å². The first-order chi connectivity index (χ1) is 20.8. The Morgan fingerprint density at radius 1 is 1.05 bits per heavy atom. The molecule has 4 aromatic rings. The number of amidine groups is 1. The number of thioether (sulfide) groups is 1. The van der Waals surface area contributed by atoms with E-state index in [9.17, 15) is 22.8 Å². The van der Waals surface area contributed by atoms with Gasteiger partial charge in [-0.05, 0) is 91.4 Å². The Morgan fingerprint density at radius 3 is 2.36 bits per heavy atom. The lowest BCUT2D eigenvalue weighted by Crippen LogP contribution is -2.31. The molecule has 0 spiro atoms. The lowest BCUT2D eigenvalue weighted by molar-refractivity contribution is -0.274. The van der Waals surface area contributed by atoms with Gasteiger partial charge in [0.2, 0.25) is 5.91 Å². The summed E-state index contributed by atoms with van der Waals surface area (Å²) in [5, 5.41) is 7.63. The number of aliphatic imine (C=N–C) groups is 1. The zero-order chi connectivity index (χ0) is 31.8. The van der Waals surface area contributed by atoms with Crippen LogP contribution in [0, 0.1) is 20.8 Å². The number of ether oxygens (including phenoxy) is 1. The number of aromatic nitrogens is 3. The van der Waals surface area contributed by atoms with E-state index in [1.807, 2.05) is 51.1 Å². The molecule has 2 heterocycles. The van der Waals surface area contributed by atoms with Crippen LogP contribution in [0.4, 0.5) is 29.3 Å². The highest BCUT2D eigenvalue weighted by Crippen LogP contribution is 2.35. The normalized spacial score (nSPS) is 14.5. The highest BCUT2D eigenvalue weighted by molar-refractivity contribution is 8.15. The number of aryl methyl sites for hydroxylation is 3. The molecule has 0 atom stereocenters. The third-order valence-corrected chi connectivity index (χ3v) is 7.78. The van der Waals surface area contributed by atoms with E-state index in [0.29, 0.717) is 27.9 Å². The van der Waals surface area contributed by atoms with Crippen molar-refractivity contribution in [1.82, 2.24) is 14.8 Å². The zero-order valence-corrected chi connectivity index (χ0v) is 25.4. The van der Waals surface area contributed by atoms with Crippen LogP contribution in [-0.2, 0) is 4.79 Å². The first-order valence-corrected chi connectivity index (χ1v) is 14.6. The Bertz CT molecular complexity index is 1740. The quantitative estimate of drug-likeness (QED) is 0.238. The van der Waals surface area contributed by atoms with Crippen LogP contribution < -0.4 is 15.0 Å². The summed E-state index contributed by atoms with van der Waals surface area (Å²) in [4.78, 5) is 36.1. The molecule has 13 heteroatoms. The summed E-state index contributed by atoms with van der Waals surface area (Å²) in [6.07, 6.45) is -3.32. The van der Waals surface area contributed by atoms with Crippen molar-refractivity contribution in [3.05, 3.63) is 83.2 Å². The topological polar surface area (TPSA) is 102 Å². The number of anilines is 2. The molecule has 0 aliphatic carbocycles. The number of nitrogens with zero attached hydrogens (tertiary/aromatic N) is 5. The molecule has 1 aliphatic heterocycles. The van der Waals surface area contributed by atoms with Crippen molar-refractivity contribution >= 4 is 40.2 Å². The fourth-order valence-electron chi connectivity index (χ4n) is 4.85. The first-order valence-electron chi connectivity index (χ1n) is 13.6. The lowest BCUT2D eigenvalue weighted by atomic mass is 9.99. The summed E-state index contributed by atoms with van der Waals surface area (Å²) in [6, 6.07) is 14.2. The molecule has 0 saturated carbocycles. The van der Waals surface area contributed by atoms with Crippen LogP contribution >= 0.6 is 11.8 Å². The highest BCUT2D eigenvalue weighted by Gasteiger charge is 2.33. The fraction of sp³-hybridized carbons (Fsp3) is 0.258. The number of alkyl halides is 3. The van der Waals surface area contributed by atoms with Crippen LogP contribution in [0.25, 0.3) is 17.1 Å². The minimum Gasteiger partial charge on any atom is -0.406 e. The second-order valence-corrected chi connectivity index (χ2v) is 11.5. The summed E-state index contributed by atoms with van der Waals surface area (Å²) in [5.41, 5.74) is 5.96. The summed E-state index contributed by atoms with van der Waals surface area (Å²) in [6.45, 7) is 9.72. The Labute approximate surface area is 256 Å². The van der Waals surface area contributed by atoms with Gasteiger partial charge in [0.15, 0.2) is 11.0 Å². The van der Waals surface area contributed by atoms with Crippen molar-refractivity contribution in [2.24, 2.45) is 4.99 Å². The van der Waals surface area contributed by atoms with Crippen LogP contribution in [0.1, 0.15) is 42.0 Å². The van der Waals surface area contributed by atoms with Gasteiger partial charge in [-0.3, -0.25) is 9.69 Å². The van der Waals surface area contributed by atoms with Gasteiger partial charge in [0.05, 0.1) is 17.1 Å². The number of hydrogen-bond donors (Lipinski definition) is 1. The molecule has 9 nitrogen and oxygen atoms in total. The minimum absolute atomic E-state index is 0.136. The Hall–Kier alpha value is -4.65. The van der Waals surface area contributed by atoms with Crippen molar-refractivity contribution in [3.63, 3.8) is 0 Å². The molecular weight excluding hydrogens is 593 g/mol. The number of hydrogen-bond acceptors (Lipinski definition) is 6. The van der Waals surface area contributed by atoms with Gasteiger partial charge in [0.25, 0.3) is 0 Å². The summed E-state index contributed by atoms with van der Waals surface area (Å²) in [7, 11) is 0. The van der Waals surface area contributed by atoms with Gasteiger partial charge in [-0.25, -0.2) is 14.5 Å². The average Bonchev–Trinajstić information content (AvgIpc) is 3.57. The molecule has 1 aromatic heterocycles. The number of urea groups is 1. The van der Waals surface area contributed by atoms with Gasteiger partial charge in [0, 0.05) is 11.3 Å². The number of rotatable bonds is 6. The maximum absolute atomic E-state index is 13.1. The molecule has 0 bridgehead atoms. The zero-order valence-electron chi connectivity index (χ0n) is 24.6. The summed E-state index contributed by atoms with van der Waals surface area (Å²) >= 11 is 1.22. The summed E-state index contributed by atoms with van der Waals surface area (Å²) < 4.78 is 42.7. The number of carbonyl (C=O) groups excluding carboxylic acids is 2. The molecule has 0 radical (unpaired) electrons. The van der Waals surface area contributed by atoms with Crippen molar-refractivity contribution < 1.29 is 27.5 Å². The van der Waals surface area contributed by atoms with Gasteiger partial charge in [-0.2, -0.15) is 4.99 Å². The molecule has 1 fully saturated rings. The van der Waals surface area contributed by atoms with Gasteiger partial charge in [0.1, 0.15) is 12.1 Å². The van der Waals surface area contributed by atoms with E-state index in [-0.39, 0.29) is 23.3 Å². The third-order valence-electron chi connectivity index (χ3n) is 6.86. The molecule has 5 rings (SSSR count). The van der Waals surface area contributed by atoms with Crippen LogP contribution in [0.3, 0.4) is 0 Å². The highest BCUT2D eigenvalue weighted by atomic mass is 32.2. The lowest BCUT2D eigenvalue weighted by Gasteiger charge is -2.22. The van der Waals surface area contributed by atoms with Crippen LogP contribution in [0.2, 0.25) is 0 Å². The molecule has 228 valence electrons. The van der Waals surface area contributed by atoms with Crippen LogP contribution in [-0.4, -0.2) is 44.0 Å². The Kier molecular flexibility index (Phi) is 8.51. The van der Waals surface area contributed by atoms with E-state index in [2.05, 4.69) is 39.0 Å². The number of amides is 3. The van der Waals surface area contributed by atoms with Crippen molar-refractivity contribution in [2.45, 2.75) is 46.9 Å².